The lowest BCUT2D eigenvalue weighted by atomic mass is 10.1. The SMILES string of the molecule is CC(=O)NCC=Cc1cc(C)ccc1[N+](=O)[O-]. The van der Waals surface area contributed by atoms with Crippen molar-refractivity contribution in [1.82, 2.24) is 5.32 Å². The first kappa shape index (κ1) is 12.9. The van der Waals surface area contributed by atoms with Gasteiger partial charge in [-0.3, -0.25) is 14.9 Å². The summed E-state index contributed by atoms with van der Waals surface area (Å²) in [5.41, 5.74) is 1.56. The molecule has 1 rings (SSSR count). The Labute approximate surface area is 99.3 Å². The smallest absolute Gasteiger partial charge is 0.276 e. The fourth-order valence-electron chi connectivity index (χ4n) is 1.36. The fraction of sp³-hybridized carbons (Fsp3) is 0.250. The molecular formula is C12H14N2O3. The maximum absolute atomic E-state index is 10.8. The first-order chi connectivity index (χ1) is 8.00. The number of benzene rings is 1. The van der Waals surface area contributed by atoms with Gasteiger partial charge in [0.05, 0.1) is 10.5 Å². The normalized spacial score (nSPS) is 10.5. The summed E-state index contributed by atoms with van der Waals surface area (Å²) in [6.45, 7) is 3.65. The molecule has 0 fully saturated rings. The molecule has 0 unspecified atom stereocenters. The Hall–Kier alpha value is -2.17. The second-order valence-electron chi connectivity index (χ2n) is 3.66. The highest BCUT2D eigenvalue weighted by molar-refractivity contribution is 5.73. The number of nitro benzene ring substituents is 1. The minimum atomic E-state index is -0.419. The van der Waals surface area contributed by atoms with Gasteiger partial charge >= 0.3 is 0 Å². The number of hydrogen-bond donors (Lipinski definition) is 1. The van der Waals surface area contributed by atoms with Gasteiger partial charge in [0, 0.05) is 19.5 Å². The van der Waals surface area contributed by atoms with Gasteiger partial charge < -0.3 is 5.32 Å². The lowest BCUT2D eigenvalue weighted by Crippen LogP contribution is -2.19. The zero-order chi connectivity index (χ0) is 12.8. The molecule has 0 heterocycles. The molecule has 5 heteroatoms. The van der Waals surface area contributed by atoms with Crippen molar-refractivity contribution in [3.05, 3.63) is 45.5 Å². The third-order valence-corrected chi connectivity index (χ3v) is 2.15. The van der Waals surface area contributed by atoms with Crippen LogP contribution in [-0.2, 0) is 4.79 Å². The summed E-state index contributed by atoms with van der Waals surface area (Å²) in [5, 5.41) is 13.4. The summed E-state index contributed by atoms with van der Waals surface area (Å²) in [6.07, 6.45) is 3.32. The summed E-state index contributed by atoms with van der Waals surface area (Å²) in [7, 11) is 0. The maximum Gasteiger partial charge on any atom is 0.276 e. The third-order valence-electron chi connectivity index (χ3n) is 2.15. The summed E-state index contributed by atoms with van der Waals surface area (Å²) in [5.74, 6) is -0.131. The molecule has 90 valence electrons. The topological polar surface area (TPSA) is 72.2 Å². The third kappa shape index (κ3) is 4.06. The van der Waals surface area contributed by atoms with Crippen molar-refractivity contribution < 1.29 is 9.72 Å². The van der Waals surface area contributed by atoms with E-state index >= 15 is 0 Å². The molecule has 0 spiro atoms. The lowest BCUT2D eigenvalue weighted by Gasteiger charge is -1.99. The van der Waals surface area contributed by atoms with Crippen LogP contribution in [0.2, 0.25) is 0 Å². The summed E-state index contributed by atoms with van der Waals surface area (Å²) >= 11 is 0. The molecule has 5 nitrogen and oxygen atoms in total. The van der Waals surface area contributed by atoms with Crippen molar-refractivity contribution in [3.63, 3.8) is 0 Å². The molecule has 0 radical (unpaired) electrons. The number of carbonyl (C=O) groups is 1. The second kappa shape index (κ2) is 5.79. The van der Waals surface area contributed by atoms with Crippen molar-refractivity contribution in [2.24, 2.45) is 0 Å². The maximum atomic E-state index is 10.8. The molecule has 1 amide bonds. The van der Waals surface area contributed by atoms with Crippen molar-refractivity contribution in [1.29, 1.82) is 0 Å². The Morgan fingerprint density at radius 2 is 2.24 bits per heavy atom. The minimum absolute atomic E-state index is 0.0645. The number of hydrogen-bond acceptors (Lipinski definition) is 3. The van der Waals surface area contributed by atoms with Gasteiger partial charge in [0.15, 0.2) is 0 Å². The molecule has 0 saturated carbocycles. The van der Waals surface area contributed by atoms with Gasteiger partial charge in [-0.15, -0.1) is 0 Å². The van der Waals surface area contributed by atoms with Gasteiger partial charge in [-0.25, -0.2) is 0 Å². The van der Waals surface area contributed by atoms with Crippen molar-refractivity contribution in [2.45, 2.75) is 13.8 Å². The van der Waals surface area contributed by atoms with E-state index in [1.807, 2.05) is 6.92 Å². The van der Waals surface area contributed by atoms with Crippen LogP contribution in [0.5, 0.6) is 0 Å². The van der Waals surface area contributed by atoms with Crippen LogP contribution in [0, 0.1) is 17.0 Å². The van der Waals surface area contributed by atoms with Gasteiger partial charge in [0.1, 0.15) is 0 Å². The van der Waals surface area contributed by atoms with E-state index in [-0.39, 0.29) is 11.6 Å². The van der Waals surface area contributed by atoms with Crippen LogP contribution in [0.4, 0.5) is 5.69 Å². The molecule has 17 heavy (non-hydrogen) atoms. The Morgan fingerprint density at radius 3 is 2.82 bits per heavy atom. The molecule has 1 aromatic carbocycles. The van der Waals surface area contributed by atoms with Crippen molar-refractivity contribution in [3.8, 4) is 0 Å². The van der Waals surface area contributed by atoms with Crippen LogP contribution in [0.25, 0.3) is 6.08 Å². The zero-order valence-corrected chi connectivity index (χ0v) is 9.77. The Morgan fingerprint density at radius 1 is 1.53 bits per heavy atom. The van der Waals surface area contributed by atoms with E-state index in [0.717, 1.165) is 5.56 Å². The van der Waals surface area contributed by atoms with Gasteiger partial charge in [0.25, 0.3) is 5.69 Å². The highest BCUT2D eigenvalue weighted by Crippen LogP contribution is 2.20. The minimum Gasteiger partial charge on any atom is -0.353 e. The lowest BCUT2D eigenvalue weighted by molar-refractivity contribution is -0.385. The predicted octanol–water partition coefficient (Wildman–Crippen LogP) is 2.05. The largest absolute Gasteiger partial charge is 0.353 e. The first-order valence-corrected chi connectivity index (χ1v) is 5.16. The highest BCUT2D eigenvalue weighted by atomic mass is 16.6. The molecular weight excluding hydrogens is 220 g/mol. The molecule has 1 N–H and O–H groups in total. The average molecular weight is 234 g/mol. The van der Waals surface area contributed by atoms with Crippen LogP contribution in [0.1, 0.15) is 18.1 Å². The van der Waals surface area contributed by atoms with Gasteiger partial charge in [-0.1, -0.05) is 23.8 Å². The van der Waals surface area contributed by atoms with Gasteiger partial charge in [-0.2, -0.15) is 0 Å². The monoisotopic (exact) mass is 234 g/mol. The molecule has 0 saturated heterocycles. The Bertz CT molecular complexity index is 467. The van der Waals surface area contributed by atoms with E-state index in [2.05, 4.69) is 5.32 Å². The van der Waals surface area contributed by atoms with E-state index in [0.29, 0.717) is 12.1 Å². The summed E-state index contributed by atoms with van der Waals surface area (Å²) in [6, 6.07) is 4.92. The molecule has 0 aliphatic carbocycles. The summed E-state index contributed by atoms with van der Waals surface area (Å²) < 4.78 is 0. The number of carbonyl (C=O) groups excluding carboxylic acids is 1. The first-order valence-electron chi connectivity index (χ1n) is 5.16. The van der Waals surface area contributed by atoms with E-state index in [9.17, 15) is 14.9 Å². The average Bonchev–Trinajstić information content (AvgIpc) is 2.23. The van der Waals surface area contributed by atoms with E-state index in [4.69, 9.17) is 0 Å². The van der Waals surface area contributed by atoms with Gasteiger partial charge in [-0.05, 0) is 13.0 Å². The number of aryl methyl sites for hydroxylation is 1. The van der Waals surface area contributed by atoms with Crippen molar-refractivity contribution >= 4 is 17.7 Å². The molecule has 1 aromatic rings. The van der Waals surface area contributed by atoms with E-state index in [1.165, 1.54) is 13.0 Å². The molecule has 0 aliphatic heterocycles. The van der Waals surface area contributed by atoms with Crippen molar-refractivity contribution in [2.75, 3.05) is 6.54 Å². The van der Waals surface area contributed by atoms with Gasteiger partial charge in [0.2, 0.25) is 5.91 Å². The van der Waals surface area contributed by atoms with Crippen LogP contribution in [0.3, 0.4) is 0 Å². The highest BCUT2D eigenvalue weighted by Gasteiger charge is 2.10. The van der Waals surface area contributed by atoms with Crippen LogP contribution < -0.4 is 5.32 Å². The van der Waals surface area contributed by atoms with E-state index < -0.39 is 4.92 Å². The van der Waals surface area contributed by atoms with E-state index in [1.54, 1.807) is 24.3 Å². The fourth-order valence-corrected chi connectivity index (χ4v) is 1.36. The summed E-state index contributed by atoms with van der Waals surface area (Å²) in [4.78, 5) is 21.0. The Balaban J connectivity index is 2.85. The number of nitrogens with zero attached hydrogens (tertiary/aromatic N) is 1. The number of rotatable bonds is 4. The van der Waals surface area contributed by atoms with Crippen LogP contribution in [0.15, 0.2) is 24.3 Å². The molecule has 0 aromatic heterocycles. The number of amides is 1. The van der Waals surface area contributed by atoms with Crippen LogP contribution in [-0.4, -0.2) is 17.4 Å². The van der Waals surface area contributed by atoms with Crippen LogP contribution >= 0.6 is 0 Å². The second-order valence-corrected chi connectivity index (χ2v) is 3.66. The standard InChI is InChI=1S/C12H14N2O3/c1-9-5-6-12(14(16)17)11(8-9)4-3-7-13-10(2)15/h3-6,8H,7H2,1-2H3,(H,13,15). The quantitative estimate of drug-likeness (QED) is 0.640. The number of nitrogens with one attached hydrogen (secondary N) is 1. The molecule has 0 aliphatic rings. The Kier molecular flexibility index (Phi) is 4.39. The molecule has 0 atom stereocenters. The molecule has 0 bridgehead atoms. The number of nitro groups is 1. The zero-order valence-electron chi connectivity index (χ0n) is 9.77. The predicted molar refractivity (Wildman–Crippen MR) is 65.6 cm³/mol.